The van der Waals surface area contributed by atoms with Gasteiger partial charge in [0.2, 0.25) is 5.91 Å². The molecule has 1 amide bonds. The van der Waals surface area contributed by atoms with Crippen molar-refractivity contribution in [3.05, 3.63) is 66.7 Å². The van der Waals surface area contributed by atoms with E-state index in [9.17, 15) is 9.18 Å². The maximum absolute atomic E-state index is 13.9. The van der Waals surface area contributed by atoms with Crippen LogP contribution in [0.1, 0.15) is 6.42 Å². The SMILES string of the molecule is COc1cc(-c2cccc(F)c2)cc2c(NCCC(=O)N(C)C)nc(-c3cccnc3)nc12. The summed E-state index contributed by atoms with van der Waals surface area (Å²) in [4.78, 5) is 27.2. The fourth-order valence-electron chi connectivity index (χ4n) is 3.46. The number of anilines is 1. The third-order valence-corrected chi connectivity index (χ3v) is 5.19. The third kappa shape index (κ3) is 4.90. The van der Waals surface area contributed by atoms with Crippen LogP contribution in [-0.4, -0.2) is 53.5 Å². The van der Waals surface area contributed by atoms with Gasteiger partial charge in [-0.05, 0) is 47.5 Å². The molecule has 0 saturated heterocycles. The van der Waals surface area contributed by atoms with Crippen LogP contribution < -0.4 is 10.1 Å². The molecule has 4 aromatic rings. The number of benzene rings is 2. The van der Waals surface area contributed by atoms with Crippen LogP contribution in [0.15, 0.2) is 60.9 Å². The molecule has 2 heterocycles. The van der Waals surface area contributed by atoms with Crippen LogP contribution >= 0.6 is 0 Å². The van der Waals surface area contributed by atoms with E-state index in [1.54, 1.807) is 44.6 Å². The standard InChI is InChI=1S/C25H24FN5O2/c1-31(2)22(32)9-11-28-25-20-13-18(16-6-4-8-19(26)12-16)14-21(33-3)23(20)29-24(30-25)17-7-5-10-27-15-17/h4-8,10,12-15H,9,11H2,1-3H3,(H,28,29,30). The molecule has 1 N–H and O–H groups in total. The Kier molecular flexibility index (Phi) is 6.44. The summed E-state index contributed by atoms with van der Waals surface area (Å²) < 4.78 is 19.5. The summed E-state index contributed by atoms with van der Waals surface area (Å²) in [6.45, 7) is 0.391. The number of hydrogen-bond donors (Lipinski definition) is 1. The van der Waals surface area contributed by atoms with E-state index < -0.39 is 0 Å². The number of nitrogens with one attached hydrogen (secondary N) is 1. The van der Waals surface area contributed by atoms with Crippen LogP contribution in [0, 0.1) is 5.82 Å². The normalized spacial score (nSPS) is 10.8. The van der Waals surface area contributed by atoms with Crippen molar-refractivity contribution in [2.24, 2.45) is 0 Å². The molecule has 0 aliphatic rings. The van der Waals surface area contributed by atoms with Gasteiger partial charge >= 0.3 is 0 Å². The van der Waals surface area contributed by atoms with Gasteiger partial charge in [-0.15, -0.1) is 0 Å². The van der Waals surface area contributed by atoms with Gasteiger partial charge in [-0.25, -0.2) is 14.4 Å². The topological polar surface area (TPSA) is 80.2 Å². The highest BCUT2D eigenvalue weighted by Gasteiger charge is 2.16. The minimum Gasteiger partial charge on any atom is -0.494 e. The first-order valence-electron chi connectivity index (χ1n) is 10.5. The number of ether oxygens (including phenoxy) is 1. The first kappa shape index (κ1) is 22.1. The zero-order valence-corrected chi connectivity index (χ0v) is 18.7. The summed E-state index contributed by atoms with van der Waals surface area (Å²) in [5.41, 5.74) is 2.83. The van der Waals surface area contributed by atoms with Crippen molar-refractivity contribution in [1.82, 2.24) is 19.9 Å². The molecular weight excluding hydrogens is 421 g/mol. The second-order valence-corrected chi connectivity index (χ2v) is 7.69. The molecule has 0 radical (unpaired) electrons. The van der Waals surface area contributed by atoms with Crippen LogP contribution in [0.3, 0.4) is 0 Å². The molecule has 0 unspecified atom stereocenters. The lowest BCUT2D eigenvalue weighted by atomic mass is 10.0. The van der Waals surface area contributed by atoms with E-state index in [0.717, 1.165) is 11.1 Å². The molecule has 0 fully saturated rings. The van der Waals surface area contributed by atoms with Crippen molar-refractivity contribution < 1.29 is 13.9 Å². The number of carbonyl (C=O) groups excluding carboxylic acids is 1. The summed E-state index contributed by atoms with van der Waals surface area (Å²) >= 11 is 0. The maximum Gasteiger partial charge on any atom is 0.223 e. The van der Waals surface area contributed by atoms with Crippen LogP contribution in [0.25, 0.3) is 33.4 Å². The number of aromatic nitrogens is 3. The fraction of sp³-hybridized carbons (Fsp3) is 0.200. The number of methoxy groups -OCH3 is 1. The Hall–Kier alpha value is -4.07. The monoisotopic (exact) mass is 445 g/mol. The molecule has 4 rings (SSSR count). The number of carbonyl (C=O) groups is 1. The average molecular weight is 445 g/mol. The Bertz CT molecular complexity index is 1290. The molecule has 7 nitrogen and oxygen atoms in total. The molecular formula is C25H24FN5O2. The largest absolute Gasteiger partial charge is 0.494 e. The van der Waals surface area contributed by atoms with Gasteiger partial charge in [-0.1, -0.05) is 12.1 Å². The molecule has 0 bridgehead atoms. The van der Waals surface area contributed by atoms with E-state index >= 15 is 0 Å². The quantitative estimate of drug-likeness (QED) is 0.454. The van der Waals surface area contributed by atoms with E-state index in [0.29, 0.717) is 46.8 Å². The minimum absolute atomic E-state index is 0.00590. The Morgan fingerprint density at radius 2 is 1.88 bits per heavy atom. The fourth-order valence-corrected chi connectivity index (χ4v) is 3.46. The van der Waals surface area contributed by atoms with Gasteiger partial charge in [0.15, 0.2) is 5.82 Å². The first-order chi connectivity index (χ1) is 16.0. The number of nitrogens with zero attached hydrogens (tertiary/aromatic N) is 4. The second kappa shape index (κ2) is 9.60. The Labute approximate surface area is 191 Å². The molecule has 168 valence electrons. The van der Waals surface area contributed by atoms with E-state index in [1.807, 2.05) is 30.3 Å². The maximum atomic E-state index is 13.9. The molecule has 2 aromatic heterocycles. The van der Waals surface area contributed by atoms with Crippen molar-refractivity contribution in [2.75, 3.05) is 33.1 Å². The molecule has 0 spiro atoms. The second-order valence-electron chi connectivity index (χ2n) is 7.69. The Balaban J connectivity index is 1.86. The molecule has 2 aromatic carbocycles. The molecule has 8 heteroatoms. The summed E-state index contributed by atoms with van der Waals surface area (Å²) in [5.74, 6) is 1.25. The summed E-state index contributed by atoms with van der Waals surface area (Å²) in [7, 11) is 5.01. The van der Waals surface area contributed by atoms with Crippen molar-refractivity contribution >= 4 is 22.6 Å². The summed E-state index contributed by atoms with van der Waals surface area (Å²) in [5, 5.41) is 3.98. The third-order valence-electron chi connectivity index (χ3n) is 5.19. The predicted octanol–water partition coefficient (Wildman–Crippen LogP) is 4.40. The summed E-state index contributed by atoms with van der Waals surface area (Å²) in [6.07, 6.45) is 3.68. The van der Waals surface area contributed by atoms with Crippen LogP contribution in [0.5, 0.6) is 5.75 Å². The number of fused-ring (bicyclic) bond motifs is 1. The van der Waals surface area contributed by atoms with Gasteiger partial charge in [0, 0.05) is 50.4 Å². The molecule has 0 aliphatic heterocycles. The summed E-state index contributed by atoms with van der Waals surface area (Å²) in [6, 6.07) is 13.8. The number of halogens is 1. The van der Waals surface area contributed by atoms with Crippen molar-refractivity contribution in [1.29, 1.82) is 0 Å². The number of hydrogen-bond acceptors (Lipinski definition) is 6. The number of amides is 1. The number of rotatable bonds is 7. The Morgan fingerprint density at radius 3 is 2.58 bits per heavy atom. The smallest absolute Gasteiger partial charge is 0.223 e. The highest BCUT2D eigenvalue weighted by Crippen LogP contribution is 2.36. The molecule has 0 saturated carbocycles. The van der Waals surface area contributed by atoms with E-state index in [4.69, 9.17) is 14.7 Å². The van der Waals surface area contributed by atoms with E-state index in [1.165, 1.54) is 12.1 Å². The van der Waals surface area contributed by atoms with Gasteiger partial charge < -0.3 is 15.0 Å². The van der Waals surface area contributed by atoms with Crippen molar-refractivity contribution in [3.63, 3.8) is 0 Å². The Morgan fingerprint density at radius 1 is 1.06 bits per heavy atom. The molecule has 33 heavy (non-hydrogen) atoms. The molecule has 0 aliphatic carbocycles. The van der Waals surface area contributed by atoms with E-state index in [-0.39, 0.29) is 11.7 Å². The van der Waals surface area contributed by atoms with Crippen LogP contribution in [-0.2, 0) is 4.79 Å². The average Bonchev–Trinajstić information content (AvgIpc) is 2.83. The molecule has 0 atom stereocenters. The van der Waals surface area contributed by atoms with Crippen molar-refractivity contribution in [2.45, 2.75) is 6.42 Å². The van der Waals surface area contributed by atoms with Gasteiger partial charge in [0.1, 0.15) is 22.9 Å². The van der Waals surface area contributed by atoms with Gasteiger partial charge in [-0.2, -0.15) is 0 Å². The van der Waals surface area contributed by atoms with Crippen molar-refractivity contribution in [3.8, 4) is 28.3 Å². The highest BCUT2D eigenvalue weighted by molar-refractivity contribution is 5.98. The first-order valence-corrected chi connectivity index (χ1v) is 10.5. The zero-order chi connectivity index (χ0) is 23.4. The number of pyridine rings is 1. The van der Waals surface area contributed by atoms with Gasteiger partial charge in [0.05, 0.1) is 7.11 Å². The lowest BCUT2D eigenvalue weighted by molar-refractivity contribution is -0.128. The van der Waals surface area contributed by atoms with Gasteiger partial charge in [0.25, 0.3) is 0 Å². The lowest BCUT2D eigenvalue weighted by Gasteiger charge is -2.15. The predicted molar refractivity (Wildman–Crippen MR) is 127 cm³/mol. The van der Waals surface area contributed by atoms with Crippen LogP contribution in [0.2, 0.25) is 0 Å². The van der Waals surface area contributed by atoms with Gasteiger partial charge in [-0.3, -0.25) is 9.78 Å². The van der Waals surface area contributed by atoms with E-state index in [2.05, 4.69) is 10.3 Å². The highest BCUT2D eigenvalue weighted by atomic mass is 19.1. The minimum atomic E-state index is -0.324. The lowest BCUT2D eigenvalue weighted by Crippen LogP contribution is -2.24. The van der Waals surface area contributed by atoms with Crippen LogP contribution in [0.4, 0.5) is 10.2 Å². The zero-order valence-electron chi connectivity index (χ0n) is 18.7.